The molecule has 0 fully saturated rings. The molecule has 166 valence electrons. The number of rotatable bonds is 6. The van der Waals surface area contributed by atoms with E-state index in [4.69, 9.17) is 9.98 Å². The summed E-state index contributed by atoms with van der Waals surface area (Å²) in [4.78, 5) is 37.5. The van der Waals surface area contributed by atoms with Crippen LogP contribution in [0.1, 0.15) is 44.7 Å². The normalized spacial score (nSPS) is 18.1. The summed E-state index contributed by atoms with van der Waals surface area (Å²) in [5.41, 5.74) is 3.43. The van der Waals surface area contributed by atoms with Gasteiger partial charge in [0.15, 0.2) is 5.17 Å². The number of para-hydroxylation sites is 2. The number of thioether (sulfide) groups is 1. The molecular weight excluding hydrogens is 420 g/mol. The summed E-state index contributed by atoms with van der Waals surface area (Å²) < 4.78 is 0. The lowest BCUT2D eigenvalue weighted by Crippen LogP contribution is -2.42. The molecule has 4 rings (SSSR count). The van der Waals surface area contributed by atoms with Crippen LogP contribution in [0.2, 0.25) is 0 Å². The highest BCUT2D eigenvalue weighted by molar-refractivity contribution is 8.15. The molecule has 0 saturated carbocycles. The minimum Gasteiger partial charge on any atom is -0.325 e. The number of nitrogens with zero attached hydrogens (tertiary/aromatic N) is 3. The molecule has 2 heterocycles. The minimum absolute atomic E-state index is 0.0661. The van der Waals surface area contributed by atoms with Gasteiger partial charge in [-0.1, -0.05) is 62.9 Å². The molecule has 0 unspecified atom stereocenters. The molecule has 0 saturated heterocycles. The van der Waals surface area contributed by atoms with Gasteiger partial charge >= 0.3 is 0 Å². The second-order valence-electron chi connectivity index (χ2n) is 8.50. The maximum absolute atomic E-state index is 13.3. The van der Waals surface area contributed by atoms with Crippen molar-refractivity contribution in [1.29, 1.82) is 0 Å². The van der Waals surface area contributed by atoms with Crippen molar-refractivity contribution in [2.75, 3.05) is 5.32 Å². The number of amides is 2. The van der Waals surface area contributed by atoms with Gasteiger partial charge in [-0.25, -0.2) is 9.89 Å². The van der Waals surface area contributed by atoms with Crippen molar-refractivity contribution >= 4 is 46.0 Å². The summed E-state index contributed by atoms with van der Waals surface area (Å²) in [7, 11) is 0. The zero-order valence-corrected chi connectivity index (χ0v) is 19.6. The Morgan fingerprint density at radius 3 is 2.59 bits per heavy atom. The van der Waals surface area contributed by atoms with Gasteiger partial charge in [-0.05, 0) is 49.4 Å². The molecule has 6 nitrogen and oxygen atoms in total. The van der Waals surface area contributed by atoms with Crippen LogP contribution in [0.3, 0.4) is 0 Å². The average molecular weight is 449 g/mol. The zero-order valence-electron chi connectivity index (χ0n) is 18.8. The molecule has 2 aliphatic heterocycles. The second kappa shape index (κ2) is 9.28. The predicted molar refractivity (Wildman–Crippen MR) is 132 cm³/mol. The molecule has 1 N–H and O–H groups in total. The zero-order chi connectivity index (χ0) is 22.8. The van der Waals surface area contributed by atoms with Gasteiger partial charge in [0.25, 0.3) is 5.91 Å². The van der Waals surface area contributed by atoms with E-state index in [1.54, 1.807) is 4.90 Å². The van der Waals surface area contributed by atoms with Crippen molar-refractivity contribution in [3.63, 3.8) is 0 Å². The fourth-order valence-electron chi connectivity index (χ4n) is 3.86. The van der Waals surface area contributed by atoms with E-state index in [-0.39, 0.29) is 11.8 Å². The highest BCUT2D eigenvalue weighted by Gasteiger charge is 2.42. The number of amidine groups is 2. The monoisotopic (exact) mass is 448 g/mol. The Balaban J connectivity index is 1.63. The van der Waals surface area contributed by atoms with E-state index in [1.165, 1.54) is 11.8 Å². The first-order valence-electron chi connectivity index (χ1n) is 11.0. The van der Waals surface area contributed by atoms with Crippen molar-refractivity contribution in [3.8, 4) is 0 Å². The number of aryl methyl sites for hydroxylation is 1. The SMILES string of the molecule is CC[C@@H](SC1=Nc2ccccc2C2=N[C@H](CC(C)C)C(=O)N12)C(=O)Nc1ccccc1C. The lowest BCUT2D eigenvalue weighted by molar-refractivity contribution is -0.125. The average Bonchev–Trinajstić information content (AvgIpc) is 3.09. The van der Waals surface area contributed by atoms with Crippen LogP contribution < -0.4 is 5.32 Å². The largest absolute Gasteiger partial charge is 0.325 e. The smallest absolute Gasteiger partial charge is 0.259 e. The van der Waals surface area contributed by atoms with Gasteiger partial charge in [-0.3, -0.25) is 14.6 Å². The molecule has 2 aromatic carbocycles. The first-order valence-corrected chi connectivity index (χ1v) is 11.9. The highest BCUT2D eigenvalue weighted by atomic mass is 32.2. The van der Waals surface area contributed by atoms with E-state index >= 15 is 0 Å². The van der Waals surface area contributed by atoms with E-state index in [9.17, 15) is 9.59 Å². The number of anilines is 1. The van der Waals surface area contributed by atoms with Crippen molar-refractivity contribution in [2.45, 2.75) is 51.8 Å². The summed E-state index contributed by atoms with van der Waals surface area (Å²) in [6.07, 6.45) is 1.29. The number of carbonyl (C=O) groups excluding carboxylic acids is 2. The lowest BCUT2D eigenvalue weighted by Gasteiger charge is -2.27. The first-order chi connectivity index (χ1) is 15.4. The number of hydrogen-bond donors (Lipinski definition) is 1. The van der Waals surface area contributed by atoms with Gasteiger partial charge in [0.1, 0.15) is 11.9 Å². The maximum atomic E-state index is 13.3. The van der Waals surface area contributed by atoms with E-state index in [0.717, 1.165) is 22.5 Å². The Morgan fingerprint density at radius 2 is 1.88 bits per heavy atom. The second-order valence-corrected chi connectivity index (χ2v) is 9.67. The molecule has 0 aliphatic carbocycles. The molecule has 0 aromatic heterocycles. The molecule has 2 aliphatic rings. The number of aliphatic imine (C=N–C) groups is 2. The van der Waals surface area contributed by atoms with Crippen molar-refractivity contribution in [1.82, 2.24) is 4.90 Å². The standard InChI is InChI=1S/C25H28N4O2S/c1-5-21(23(30)27-18-12-8-6-10-16(18)4)32-25-28-19-13-9-7-11-17(19)22-26-20(14-15(2)3)24(31)29(22)25/h6-13,15,20-21H,5,14H2,1-4H3,(H,27,30)/t20-,21-/m1/s1. The molecule has 0 bridgehead atoms. The lowest BCUT2D eigenvalue weighted by atomic mass is 10.0. The maximum Gasteiger partial charge on any atom is 0.259 e. The van der Waals surface area contributed by atoms with Gasteiger partial charge in [0.05, 0.1) is 10.9 Å². The van der Waals surface area contributed by atoms with Gasteiger partial charge in [0.2, 0.25) is 5.91 Å². The van der Waals surface area contributed by atoms with Crippen LogP contribution in [0.4, 0.5) is 11.4 Å². The molecule has 2 atom stereocenters. The van der Waals surface area contributed by atoms with Crippen LogP contribution >= 0.6 is 11.8 Å². The topological polar surface area (TPSA) is 74.1 Å². The molecule has 32 heavy (non-hydrogen) atoms. The molecule has 2 aromatic rings. The molecule has 2 amide bonds. The van der Waals surface area contributed by atoms with Crippen molar-refractivity contribution < 1.29 is 9.59 Å². The summed E-state index contributed by atoms with van der Waals surface area (Å²) in [5.74, 6) is 0.824. The Labute approximate surface area is 193 Å². The van der Waals surface area contributed by atoms with Gasteiger partial charge in [0, 0.05) is 11.3 Å². The number of fused-ring (bicyclic) bond motifs is 3. The van der Waals surface area contributed by atoms with Crippen LogP contribution in [0.25, 0.3) is 0 Å². The van der Waals surface area contributed by atoms with Gasteiger partial charge < -0.3 is 5.32 Å². The van der Waals surface area contributed by atoms with Crippen LogP contribution in [0.15, 0.2) is 58.5 Å². The predicted octanol–water partition coefficient (Wildman–Crippen LogP) is 5.15. The highest BCUT2D eigenvalue weighted by Crippen LogP contribution is 2.36. The first kappa shape index (κ1) is 22.3. The van der Waals surface area contributed by atoms with E-state index in [2.05, 4.69) is 19.2 Å². The molecule has 0 spiro atoms. The quantitative estimate of drug-likeness (QED) is 0.664. The van der Waals surface area contributed by atoms with Gasteiger partial charge in [-0.2, -0.15) is 0 Å². The third kappa shape index (κ3) is 4.35. The number of nitrogens with one attached hydrogen (secondary N) is 1. The van der Waals surface area contributed by atoms with E-state index in [1.807, 2.05) is 62.4 Å². The van der Waals surface area contributed by atoms with Crippen LogP contribution in [-0.4, -0.2) is 39.0 Å². The summed E-state index contributed by atoms with van der Waals surface area (Å²) in [6.45, 7) is 8.11. The number of carbonyl (C=O) groups is 2. The fraction of sp³-hybridized carbons (Fsp3) is 0.360. The van der Waals surface area contributed by atoms with Gasteiger partial charge in [-0.15, -0.1) is 0 Å². The van der Waals surface area contributed by atoms with Crippen LogP contribution in [0, 0.1) is 12.8 Å². The van der Waals surface area contributed by atoms with Crippen molar-refractivity contribution in [3.05, 3.63) is 59.7 Å². The van der Waals surface area contributed by atoms with E-state index in [0.29, 0.717) is 29.8 Å². The van der Waals surface area contributed by atoms with Crippen LogP contribution in [0.5, 0.6) is 0 Å². The Morgan fingerprint density at radius 1 is 1.16 bits per heavy atom. The number of hydrogen-bond acceptors (Lipinski definition) is 5. The summed E-state index contributed by atoms with van der Waals surface area (Å²) in [5, 5.41) is 3.15. The number of benzene rings is 2. The molecule has 7 heteroatoms. The Kier molecular flexibility index (Phi) is 6.46. The van der Waals surface area contributed by atoms with Crippen molar-refractivity contribution in [2.24, 2.45) is 15.9 Å². The molecule has 0 radical (unpaired) electrons. The molecular formula is C25H28N4O2S. The Hall–Kier alpha value is -2.93. The van der Waals surface area contributed by atoms with E-state index < -0.39 is 11.3 Å². The third-order valence-corrected chi connectivity index (χ3v) is 6.87. The minimum atomic E-state index is -0.414. The summed E-state index contributed by atoms with van der Waals surface area (Å²) >= 11 is 1.33. The third-order valence-electron chi connectivity index (χ3n) is 5.56. The Bertz CT molecular complexity index is 1110. The summed E-state index contributed by atoms with van der Waals surface area (Å²) in [6, 6.07) is 15.0. The fourth-order valence-corrected chi connectivity index (χ4v) is 4.88. The van der Waals surface area contributed by atoms with Crippen LogP contribution in [-0.2, 0) is 9.59 Å².